The van der Waals surface area contributed by atoms with Crippen LogP contribution in [0.5, 0.6) is 0 Å². The molecule has 1 aliphatic heterocycles. The maximum absolute atomic E-state index is 13.0. The number of rotatable bonds is 2. The van der Waals surface area contributed by atoms with E-state index in [1.54, 1.807) is 6.07 Å². The minimum absolute atomic E-state index is 0.172. The van der Waals surface area contributed by atoms with E-state index in [-0.39, 0.29) is 17.7 Å². The monoisotopic (exact) mass is 220 g/mol. The molecule has 1 aromatic heterocycles. The summed E-state index contributed by atoms with van der Waals surface area (Å²) in [5, 5.41) is 0.658. The Morgan fingerprint density at radius 1 is 1.56 bits per heavy atom. The lowest BCUT2D eigenvalue weighted by Crippen LogP contribution is -2.09. The van der Waals surface area contributed by atoms with Gasteiger partial charge in [0.1, 0.15) is 17.6 Å². The van der Waals surface area contributed by atoms with Gasteiger partial charge in [0.15, 0.2) is 0 Å². The van der Waals surface area contributed by atoms with E-state index in [0.29, 0.717) is 28.9 Å². The first-order valence-corrected chi connectivity index (χ1v) is 4.89. The molecular weight excluding hydrogens is 211 g/mol. The van der Waals surface area contributed by atoms with Crippen molar-refractivity contribution in [1.29, 1.82) is 0 Å². The fourth-order valence-corrected chi connectivity index (χ4v) is 1.75. The smallest absolute Gasteiger partial charge is 0.212 e. The molecule has 2 aromatic rings. The normalized spacial score (nSPS) is 18.9. The summed E-state index contributed by atoms with van der Waals surface area (Å²) in [4.78, 5) is 14.6. The molecule has 16 heavy (non-hydrogen) atoms. The summed E-state index contributed by atoms with van der Waals surface area (Å²) in [6.07, 6.45) is -0.389. The molecule has 0 aliphatic carbocycles. The lowest BCUT2D eigenvalue weighted by atomic mass is 10.1. The summed E-state index contributed by atoms with van der Waals surface area (Å²) < 4.78 is 17.9. The Labute approximate surface area is 90.2 Å². The van der Waals surface area contributed by atoms with Crippen molar-refractivity contribution < 1.29 is 13.9 Å². The summed E-state index contributed by atoms with van der Waals surface area (Å²) in [6, 6.07) is 4.19. The third-order valence-corrected chi connectivity index (χ3v) is 2.67. The lowest BCUT2D eigenvalue weighted by molar-refractivity contribution is 0.0950. The number of benzene rings is 1. The second kappa shape index (κ2) is 3.05. The number of ketones is 1. The van der Waals surface area contributed by atoms with Gasteiger partial charge in [0.2, 0.25) is 5.78 Å². The number of hydrogen-bond acceptors (Lipinski definition) is 3. The van der Waals surface area contributed by atoms with Crippen molar-refractivity contribution in [2.75, 3.05) is 12.3 Å². The lowest BCUT2D eigenvalue weighted by Gasteiger charge is -1.94. The van der Waals surface area contributed by atoms with E-state index in [2.05, 4.69) is 4.98 Å². The van der Waals surface area contributed by atoms with Gasteiger partial charge in [-0.2, -0.15) is 0 Å². The van der Waals surface area contributed by atoms with Crippen molar-refractivity contribution >= 4 is 22.4 Å². The van der Waals surface area contributed by atoms with Gasteiger partial charge < -0.3 is 15.5 Å². The van der Waals surface area contributed by atoms with Crippen LogP contribution in [-0.4, -0.2) is 23.5 Å². The molecule has 0 radical (unpaired) electrons. The van der Waals surface area contributed by atoms with Crippen molar-refractivity contribution in [2.24, 2.45) is 0 Å². The highest BCUT2D eigenvalue weighted by Crippen LogP contribution is 2.28. The van der Waals surface area contributed by atoms with Gasteiger partial charge >= 0.3 is 0 Å². The molecule has 0 spiro atoms. The number of ether oxygens (including phenoxy) is 1. The van der Waals surface area contributed by atoms with Gasteiger partial charge in [-0.25, -0.2) is 4.39 Å². The van der Waals surface area contributed by atoms with Crippen LogP contribution in [0.3, 0.4) is 0 Å². The molecule has 4 nitrogen and oxygen atoms in total. The molecule has 82 valence electrons. The van der Waals surface area contributed by atoms with Gasteiger partial charge in [-0.15, -0.1) is 0 Å². The fourth-order valence-electron chi connectivity index (χ4n) is 1.75. The number of aromatic nitrogens is 1. The number of carbonyl (C=O) groups excluding carboxylic acids is 1. The molecule has 1 atom stereocenters. The minimum atomic E-state index is -0.389. The second-order valence-corrected chi connectivity index (χ2v) is 3.79. The SMILES string of the molecule is Nc1c(C(=O)C2CO2)[nH]c2cc(F)ccc12. The van der Waals surface area contributed by atoms with Crippen molar-refractivity contribution in [3.63, 3.8) is 0 Å². The number of anilines is 1. The number of nitrogens with one attached hydrogen (secondary N) is 1. The molecule has 2 heterocycles. The Balaban J connectivity index is 2.18. The molecule has 1 aromatic carbocycles. The number of nitrogen functional groups attached to an aromatic ring is 1. The van der Waals surface area contributed by atoms with E-state index >= 15 is 0 Å². The molecule has 0 bridgehead atoms. The number of nitrogens with two attached hydrogens (primary N) is 1. The number of halogens is 1. The standard InChI is InChI=1S/C11H9FN2O2/c12-5-1-2-6-7(3-5)14-10(9(6)13)11(15)8-4-16-8/h1-3,8,14H,4,13H2. The molecule has 1 saturated heterocycles. The number of H-pyrrole nitrogens is 1. The van der Waals surface area contributed by atoms with Gasteiger partial charge in [-0.05, 0) is 18.2 Å². The molecule has 1 fully saturated rings. The van der Waals surface area contributed by atoms with E-state index in [0.717, 1.165) is 0 Å². The van der Waals surface area contributed by atoms with Crippen LogP contribution >= 0.6 is 0 Å². The van der Waals surface area contributed by atoms with E-state index in [1.165, 1.54) is 12.1 Å². The summed E-state index contributed by atoms with van der Waals surface area (Å²) in [7, 11) is 0. The van der Waals surface area contributed by atoms with E-state index in [4.69, 9.17) is 10.5 Å². The Hall–Kier alpha value is -1.88. The Bertz CT molecular complexity index is 587. The van der Waals surface area contributed by atoms with Crippen LogP contribution in [0.15, 0.2) is 18.2 Å². The number of carbonyl (C=O) groups is 1. The molecule has 3 rings (SSSR count). The highest BCUT2D eigenvalue weighted by molar-refractivity contribution is 6.10. The molecule has 1 aliphatic rings. The van der Waals surface area contributed by atoms with Crippen molar-refractivity contribution in [1.82, 2.24) is 4.98 Å². The predicted octanol–water partition coefficient (Wildman–Crippen LogP) is 1.47. The van der Waals surface area contributed by atoms with E-state index in [9.17, 15) is 9.18 Å². The first-order valence-electron chi connectivity index (χ1n) is 4.89. The Kier molecular flexibility index (Phi) is 1.79. The Morgan fingerprint density at radius 3 is 3.00 bits per heavy atom. The van der Waals surface area contributed by atoms with Gasteiger partial charge in [0.05, 0.1) is 17.8 Å². The molecule has 5 heteroatoms. The molecule has 3 N–H and O–H groups in total. The number of fused-ring (bicyclic) bond motifs is 1. The molecular formula is C11H9FN2O2. The zero-order chi connectivity index (χ0) is 11.3. The first kappa shape index (κ1) is 9.35. The third-order valence-electron chi connectivity index (χ3n) is 2.67. The van der Waals surface area contributed by atoms with Gasteiger partial charge in [-0.1, -0.05) is 0 Å². The van der Waals surface area contributed by atoms with E-state index in [1.807, 2.05) is 0 Å². The summed E-state index contributed by atoms with van der Waals surface area (Å²) >= 11 is 0. The van der Waals surface area contributed by atoms with Gasteiger partial charge in [0.25, 0.3) is 0 Å². The van der Waals surface area contributed by atoms with E-state index < -0.39 is 0 Å². The zero-order valence-electron chi connectivity index (χ0n) is 8.29. The van der Waals surface area contributed by atoms with Crippen molar-refractivity contribution in [2.45, 2.75) is 6.10 Å². The Morgan fingerprint density at radius 2 is 2.31 bits per heavy atom. The van der Waals surface area contributed by atoms with Crippen LogP contribution < -0.4 is 5.73 Å². The molecule has 0 saturated carbocycles. The van der Waals surface area contributed by atoms with Crippen LogP contribution in [-0.2, 0) is 4.74 Å². The van der Waals surface area contributed by atoms with Crippen LogP contribution in [0.1, 0.15) is 10.5 Å². The second-order valence-electron chi connectivity index (χ2n) is 3.79. The maximum Gasteiger partial charge on any atom is 0.212 e. The minimum Gasteiger partial charge on any atom is -0.396 e. The first-order chi connectivity index (χ1) is 7.66. The topological polar surface area (TPSA) is 71.4 Å². The highest BCUT2D eigenvalue weighted by Gasteiger charge is 2.34. The van der Waals surface area contributed by atoms with Crippen LogP contribution in [0.2, 0.25) is 0 Å². The molecule has 0 amide bonds. The van der Waals surface area contributed by atoms with Crippen LogP contribution in [0.25, 0.3) is 10.9 Å². The summed E-state index contributed by atoms with van der Waals surface area (Å²) in [5.74, 6) is -0.537. The van der Waals surface area contributed by atoms with Gasteiger partial charge in [0, 0.05) is 5.39 Å². The van der Waals surface area contributed by atoms with Crippen LogP contribution in [0.4, 0.5) is 10.1 Å². The maximum atomic E-state index is 13.0. The predicted molar refractivity (Wildman–Crippen MR) is 56.7 cm³/mol. The quantitative estimate of drug-likeness (QED) is 0.594. The number of Topliss-reactive ketones (excluding diaryl/α,β-unsaturated/α-hetero) is 1. The largest absolute Gasteiger partial charge is 0.396 e. The van der Waals surface area contributed by atoms with Crippen LogP contribution in [0, 0.1) is 5.82 Å². The number of epoxide rings is 1. The van der Waals surface area contributed by atoms with Gasteiger partial charge in [-0.3, -0.25) is 4.79 Å². The zero-order valence-corrected chi connectivity index (χ0v) is 8.29. The number of aromatic amines is 1. The van der Waals surface area contributed by atoms with Crippen molar-refractivity contribution in [3.8, 4) is 0 Å². The average molecular weight is 220 g/mol. The number of hydrogen-bond donors (Lipinski definition) is 2. The highest BCUT2D eigenvalue weighted by atomic mass is 19.1. The molecule has 1 unspecified atom stereocenters. The summed E-state index contributed by atoms with van der Waals surface area (Å²) in [6.45, 7) is 0.433. The van der Waals surface area contributed by atoms with Crippen molar-refractivity contribution in [3.05, 3.63) is 29.7 Å². The summed E-state index contributed by atoms with van der Waals surface area (Å²) in [5.41, 5.74) is 7.02. The third kappa shape index (κ3) is 1.29. The fraction of sp³-hybridized carbons (Fsp3) is 0.182. The average Bonchev–Trinajstić information content (AvgIpc) is 3.04.